The molecule has 0 saturated heterocycles. The average Bonchev–Trinajstić information content (AvgIpc) is 2.47. The van der Waals surface area contributed by atoms with Gasteiger partial charge in [-0.15, -0.1) is 0 Å². The van der Waals surface area contributed by atoms with Crippen molar-refractivity contribution in [2.45, 2.75) is 46.0 Å². The predicted molar refractivity (Wildman–Crippen MR) is 87.6 cm³/mol. The third-order valence-corrected chi connectivity index (χ3v) is 4.91. The lowest BCUT2D eigenvalue weighted by Gasteiger charge is -2.20. The van der Waals surface area contributed by atoms with E-state index in [0.717, 1.165) is 6.08 Å². The molecule has 1 aromatic rings. The first-order chi connectivity index (χ1) is 11.7. The molecular formula is C16H19F3O6S. The number of halogens is 3. The number of aromatic hydroxyl groups is 1. The fourth-order valence-electron chi connectivity index (χ4n) is 2.36. The van der Waals surface area contributed by atoms with E-state index in [1.54, 1.807) is 6.92 Å². The molecule has 0 aliphatic rings. The zero-order chi connectivity index (χ0) is 20.4. The first-order valence-electron chi connectivity index (χ1n) is 7.41. The molecule has 0 aliphatic carbocycles. The third-order valence-electron chi connectivity index (χ3n) is 3.95. The van der Waals surface area contributed by atoms with Crippen molar-refractivity contribution in [2.24, 2.45) is 0 Å². The van der Waals surface area contributed by atoms with Crippen molar-refractivity contribution < 1.29 is 40.8 Å². The van der Waals surface area contributed by atoms with Gasteiger partial charge in [0.25, 0.3) is 0 Å². The standard InChI is InChI=1S/C16H19F3O6S/c1-8(7-13(20)21)5-6-12-11(4)15(10(3)9(2)14(12)22)25-26(23,24)16(17,18)19/h7,22H,5-6H2,1-4H3,(H,20,21)/b8-7+. The summed E-state index contributed by atoms with van der Waals surface area (Å²) in [5.41, 5.74) is -4.63. The number of allylic oxidation sites excluding steroid dienone is 1. The minimum Gasteiger partial charge on any atom is -0.507 e. The number of carbonyl (C=O) groups is 1. The van der Waals surface area contributed by atoms with Crippen molar-refractivity contribution in [3.8, 4) is 11.5 Å². The van der Waals surface area contributed by atoms with Crippen LogP contribution in [0.3, 0.4) is 0 Å². The summed E-state index contributed by atoms with van der Waals surface area (Å²) in [4.78, 5) is 10.6. The van der Waals surface area contributed by atoms with Crippen molar-refractivity contribution in [1.29, 1.82) is 0 Å². The Morgan fingerprint density at radius 1 is 1.15 bits per heavy atom. The van der Waals surface area contributed by atoms with Crippen LogP contribution in [-0.2, 0) is 21.3 Å². The van der Waals surface area contributed by atoms with Crippen LogP contribution in [0.25, 0.3) is 0 Å². The molecule has 0 unspecified atom stereocenters. The number of aliphatic carboxylic acids is 1. The van der Waals surface area contributed by atoms with Gasteiger partial charge in [0.2, 0.25) is 0 Å². The number of carboxylic acids is 1. The molecule has 0 bridgehead atoms. The van der Waals surface area contributed by atoms with E-state index in [1.165, 1.54) is 20.8 Å². The van der Waals surface area contributed by atoms with Crippen LogP contribution in [0.5, 0.6) is 11.5 Å². The van der Waals surface area contributed by atoms with Crippen LogP contribution in [0.15, 0.2) is 11.6 Å². The van der Waals surface area contributed by atoms with Crippen molar-refractivity contribution in [2.75, 3.05) is 0 Å². The Morgan fingerprint density at radius 3 is 2.15 bits per heavy atom. The number of rotatable bonds is 6. The van der Waals surface area contributed by atoms with Crippen LogP contribution in [0.1, 0.15) is 35.6 Å². The number of phenolic OH excluding ortho intramolecular Hbond substituents is 1. The van der Waals surface area contributed by atoms with Gasteiger partial charge in [-0.25, -0.2) is 4.79 Å². The van der Waals surface area contributed by atoms with Gasteiger partial charge in [0, 0.05) is 11.6 Å². The van der Waals surface area contributed by atoms with E-state index in [0.29, 0.717) is 5.57 Å². The maximum Gasteiger partial charge on any atom is 0.534 e. The molecule has 2 N–H and O–H groups in total. The minimum atomic E-state index is -5.86. The molecule has 0 amide bonds. The van der Waals surface area contributed by atoms with Crippen molar-refractivity contribution >= 4 is 16.1 Å². The second-order valence-corrected chi connectivity index (χ2v) is 7.38. The molecule has 0 atom stereocenters. The molecular weight excluding hydrogens is 377 g/mol. The molecule has 0 radical (unpaired) electrons. The number of hydrogen-bond acceptors (Lipinski definition) is 5. The molecule has 0 fully saturated rings. The Morgan fingerprint density at radius 2 is 1.69 bits per heavy atom. The summed E-state index contributed by atoms with van der Waals surface area (Å²) in [6.45, 7) is 5.63. The van der Waals surface area contributed by atoms with Gasteiger partial charge in [-0.05, 0) is 57.2 Å². The van der Waals surface area contributed by atoms with Gasteiger partial charge in [0.1, 0.15) is 11.5 Å². The normalized spacial score (nSPS) is 13.0. The third kappa shape index (κ3) is 4.69. The zero-order valence-electron chi connectivity index (χ0n) is 14.6. The molecule has 6 nitrogen and oxygen atoms in total. The maximum atomic E-state index is 12.6. The van der Waals surface area contributed by atoms with Crippen LogP contribution in [0, 0.1) is 20.8 Å². The van der Waals surface area contributed by atoms with Gasteiger partial charge in [-0.2, -0.15) is 21.6 Å². The summed E-state index contributed by atoms with van der Waals surface area (Å²) in [5.74, 6) is -1.84. The van der Waals surface area contributed by atoms with E-state index in [-0.39, 0.29) is 40.8 Å². The van der Waals surface area contributed by atoms with E-state index >= 15 is 0 Å². The summed E-state index contributed by atoms with van der Waals surface area (Å²) in [5, 5.41) is 19.0. The highest BCUT2D eigenvalue weighted by molar-refractivity contribution is 7.88. The van der Waals surface area contributed by atoms with E-state index in [9.17, 15) is 31.5 Å². The van der Waals surface area contributed by atoms with Crippen molar-refractivity contribution in [1.82, 2.24) is 0 Å². The zero-order valence-corrected chi connectivity index (χ0v) is 15.4. The monoisotopic (exact) mass is 396 g/mol. The number of hydrogen-bond donors (Lipinski definition) is 2. The summed E-state index contributed by atoms with van der Waals surface area (Å²) in [6, 6.07) is 0. The average molecular weight is 396 g/mol. The molecule has 0 spiro atoms. The molecule has 0 heterocycles. The molecule has 146 valence electrons. The number of alkyl halides is 3. The lowest BCUT2D eigenvalue weighted by molar-refractivity contribution is -0.131. The second-order valence-electron chi connectivity index (χ2n) is 5.84. The van der Waals surface area contributed by atoms with E-state index in [2.05, 4.69) is 4.18 Å². The van der Waals surface area contributed by atoms with Crippen LogP contribution < -0.4 is 4.18 Å². The van der Waals surface area contributed by atoms with Gasteiger partial charge in [0.15, 0.2) is 0 Å². The van der Waals surface area contributed by atoms with E-state index < -0.39 is 27.3 Å². The molecule has 1 aromatic carbocycles. The molecule has 10 heteroatoms. The van der Waals surface area contributed by atoms with Crippen LogP contribution >= 0.6 is 0 Å². The predicted octanol–water partition coefficient (Wildman–Crippen LogP) is 3.51. The molecule has 0 aromatic heterocycles. The smallest absolute Gasteiger partial charge is 0.507 e. The van der Waals surface area contributed by atoms with E-state index in [4.69, 9.17) is 5.11 Å². The topological polar surface area (TPSA) is 101 Å². The van der Waals surface area contributed by atoms with Crippen LogP contribution in [0.2, 0.25) is 0 Å². The Balaban J connectivity index is 3.39. The molecule has 0 saturated carbocycles. The first kappa shape index (κ1) is 21.8. The molecule has 26 heavy (non-hydrogen) atoms. The summed E-state index contributed by atoms with van der Waals surface area (Å²) in [6.07, 6.45) is 1.27. The first-order valence-corrected chi connectivity index (χ1v) is 8.82. The largest absolute Gasteiger partial charge is 0.534 e. The lowest BCUT2D eigenvalue weighted by atomic mass is 9.93. The summed E-state index contributed by atoms with van der Waals surface area (Å²) < 4.78 is 64.8. The highest BCUT2D eigenvalue weighted by atomic mass is 32.2. The van der Waals surface area contributed by atoms with E-state index in [1.807, 2.05) is 0 Å². The molecule has 1 rings (SSSR count). The number of carboxylic acid groups (broad SMARTS) is 1. The lowest BCUT2D eigenvalue weighted by Crippen LogP contribution is -2.28. The number of phenols is 1. The SMILES string of the molecule is C/C(=C\C(=O)O)CCc1c(C)c(OS(=O)(=O)C(F)(F)F)c(C)c(C)c1O. The van der Waals surface area contributed by atoms with Crippen LogP contribution in [-0.4, -0.2) is 30.1 Å². The van der Waals surface area contributed by atoms with Gasteiger partial charge >= 0.3 is 21.6 Å². The minimum absolute atomic E-state index is 0.0431. The Kier molecular flexibility index (Phi) is 6.35. The van der Waals surface area contributed by atoms with Gasteiger partial charge in [-0.1, -0.05) is 5.57 Å². The maximum absolute atomic E-state index is 12.6. The van der Waals surface area contributed by atoms with Gasteiger partial charge < -0.3 is 14.4 Å². The van der Waals surface area contributed by atoms with Crippen LogP contribution in [0.4, 0.5) is 13.2 Å². The Bertz CT molecular complexity index is 854. The second kappa shape index (κ2) is 7.56. The number of benzene rings is 1. The highest BCUT2D eigenvalue weighted by Crippen LogP contribution is 2.40. The fraction of sp³-hybridized carbons (Fsp3) is 0.438. The quantitative estimate of drug-likeness (QED) is 0.434. The highest BCUT2D eigenvalue weighted by Gasteiger charge is 2.49. The molecule has 0 aliphatic heterocycles. The Labute approximate surface area is 149 Å². The fourth-order valence-corrected chi connectivity index (χ4v) is 2.93. The van der Waals surface area contributed by atoms with Gasteiger partial charge in [-0.3, -0.25) is 0 Å². The summed E-state index contributed by atoms with van der Waals surface area (Å²) >= 11 is 0. The summed E-state index contributed by atoms with van der Waals surface area (Å²) in [7, 11) is -5.86. The van der Waals surface area contributed by atoms with Gasteiger partial charge in [0.05, 0.1) is 0 Å². The van der Waals surface area contributed by atoms with Crippen molar-refractivity contribution in [3.63, 3.8) is 0 Å². The van der Waals surface area contributed by atoms with Crippen molar-refractivity contribution in [3.05, 3.63) is 33.9 Å². The Hall–Kier alpha value is -2.23.